The summed E-state index contributed by atoms with van der Waals surface area (Å²) in [5, 5.41) is 11.3. The first-order chi connectivity index (χ1) is 15.6. The van der Waals surface area contributed by atoms with Crippen LogP contribution >= 0.6 is 11.8 Å². The monoisotopic (exact) mass is 477 g/mol. The number of carboxylic acid groups (broad SMARTS) is 1. The minimum absolute atomic E-state index is 0.0642. The number of nitrogens with zero attached hydrogens (tertiary/aromatic N) is 3. The van der Waals surface area contributed by atoms with Crippen LogP contribution < -0.4 is 11.1 Å². The minimum atomic E-state index is -0.961. The first kappa shape index (κ1) is 25.8. The van der Waals surface area contributed by atoms with Gasteiger partial charge in [-0.15, -0.1) is 0 Å². The van der Waals surface area contributed by atoms with Crippen LogP contribution in [-0.2, 0) is 19.1 Å². The summed E-state index contributed by atoms with van der Waals surface area (Å²) in [5.41, 5.74) is 6.74. The molecule has 1 aromatic carbocycles. The van der Waals surface area contributed by atoms with Crippen LogP contribution in [0, 0.1) is 0 Å². The lowest BCUT2D eigenvalue weighted by atomic mass is 10.1. The number of esters is 1. The Balaban J connectivity index is 2.01. The van der Waals surface area contributed by atoms with Gasteiger partial charge in [-0.2, -0.15) is 4.99 Å². The van der Waals surface area contributed by atoms with Gasteiger partial charge in [-0.3, -0.25) is 24.2 Å². The third-order valence-electron chi connectivity index (χ3n) is 4.93. The number of nitrogens with one attached hydrogen (secondary N) is 1. The maximum atomic E-state index is 12.6. The van der Waals surface area contributed by atoms with Gasteiger partial charge >= 0.3 is 11.9 Å². The zero-order valence-corrected chi connectivity index (χ0v) is 19.4. The molecular formula is C21H27N5O6S. The van der Waals surface area contributed by atoms with Crippen LogP contribution in [0.4, 0.5) is 0 Å². The van der Waals surface area contributed by atoms with Crippen molar-refractivity contribution >= 4 is 46.5 Å². The number of rotatable bonds is 9. The van der Waals surface area contributed by atoms with E-state index in [-0.39, 0.29) is 43.7 Å². The molecule has 12 heteroatoms. The molecule has 2 rings (SSSR count). The Labute approximate surface area is 195 Å². The predicted molar refractivity (Wildman–Crippen MR) is 124 cm³/mol. The summed E-state index contributed by atoms with van der Waals surface area (Å²) < 4.78 is 4.55. The highest BCUT2D eigenvalue weighted by atomic mass is 32.2. The second-order valence-electron chi connectivity index (χ2n) is 7.19. The third kappa shape index (κ3) is 7.31. The van der Waals surface area contributed by atoms with Crippen LogP contribution in [0.25, 0.3) is 0 Å². The van der Waals surface area contributed by atoms with E-state index in [9.17, 15) is 19.2 Å². The van der Waals surface area contributed by atoms with Crippen molar-refractivity contribution in [2.45, 2.75) is 31.1 Å². The zero-order chi connectivity index (χ0) is 24.5. The van der Waals surface area contributed by atoms with Gasteiger partial charge in [-0.05, 0) is 19.1 Å². The second kappa shape index (κ2) is 12.0. The van der Waals surface area contributed by atoms with Crippen molar-refractivity contribution in [2.75, 3.05) is 27.2 Å². The van der Waals surface area contributed by atoms with Crippen molar-refractivity contribution in [3.05, 3.63) is 35.4 Å². The van der Waals surface area contributed by atoms with Crippen molar-refractivity contribution in [2.24, 2.45) is 15.7 Å². The van der Waals surface area contributed by atoms with E-state index >= 15 is 0 Å². The number of carbonyl (C=O) groups is 4. The molecule has 1 fully saturated rings. The molecule has 0 aliphatic carbocycles. The van der Waals surface area contributed by atoms with E-state index in [0.717, 1.165) is 0 Å². The van der Waals surface area contributed by atoms with Gasteiger partial charge in [-0.25, -0.2) is 0 Å². The highest BCUT2D eigenvalue weighted by Gasteiger charge is 2.39. The quantitative estimate of drug-likeness (QED) is 0.261. The number of hydrogen-bond donors (Lipinski definition) is 3. The van der Waals surface area contributed by atoms with Crippen LogP contribution in [0.5, 0.6) is 0 Å². The Bertz CT molecular complexity index is 962. The maximum Gasteiger partial charge on any atom is 0.307 e. The number of carbonyl (C=O) groups excluding carboxylic acids is 3. The van der Waals surface area contributed by atoms with Gasteiger partial charge in [0.05, 0.1) is 26.5 Å². The van der Waals surface area contributed by atoms with Crippen LogP contribution in [0.1, 0.15) is 35.7 Å². The van der Waals surface area contributed by atoms with Crippen molar-refractivity contribution in [3.8, 4) is 0 Å². The maximum absolute atomic E-state index is 12.6. The van der Waals surface area contributed by atoms with Crippen molar-refractivity contribution < 1.29 is 29.0 Å². The molecule has 2 amide bonds. The highest BCUT2D eigenvalue weighted by molar-refractivity contribution is 8.15. The molecule has 1 heterocycles. The summed E-state index contributed by atoms with van der Waals surface area (Å²) in [7, 11) is 3.04. The smallest absolute Gasteiger partial charge is 0.307 e. The molecule has 0 radical (unpaired) electrons. The number of hydrogen-bond acceptors (Lipinski definition) is 7. The standard InChI is InChI=1S/C21H27N5O6S/c1-12-17(20(31)24-11-9-16(29)32-3)33-21(26(12)2)25-19(30)14-6-4-13(5-7-14)18(22)23-10-8-15(27)28/h4-7,12,17H,8-11H2,1-3H3,(H2,22,23)(H,24,31)(H,27,28). The lowest BCUT2D eigenvalue weighted by Crippen LogP contribution is -2.41. The predicted octanol–water partition coefficient (Wildman–Crippen LogP) is 0.478. The average Bonchev–Trinajstić information content (AvgIpc) is 3.07. The summed E-state index contributed by atoms with van der Waals surface area (Å²) in [4.78, 5) is 56.8. The number of methoxy groups -OCH3 is 1. The van der Waals surface area contributed by atoms with Crippen LogP contribution in [0.2, 0.25) is 0 Å². The lowest BCUT2D eigenvalue weighted by Gasteiger charge is -2.19. The molecule has 2 atom stereocenters. The number of amides is 2. The van der Waals surface area contributed by atoms with Gasteiger partial charge < -0.3 is 25.8 Å². The Morgan fingerprint density at radius 1 is 1.18 bits per heavy atom. The van der Waals surface area contributed by atoms with E-state index in [1.165, 1.54) is 18.9 Å². The Kier molecular flexibility index (Phi) is 9.40. The fraction of sp³-hybridized carbons (Fsp3) is 0.429. The number of aliphatic imine (C=N–C) groups is 2. The highest BCUT2D eigenvalue weighted by Crippen LogP contribution is 2.31. The molecule has 0 saturated carbocycles. The largest absolute Gasteiger partial charge is 0.481 e. The van der Waals surface area contributed by atoms with Gasteiger partial charge in [0.15, 0.2) is 5.17 Å². The second-order valence-corrected chi connectivity index (χ2v) is 8.30. The molecule has 1 saturated heterocycles. The summed E-state index contributed by atoms with van der Waals surface area (Å²) in [5.74, 6) is -1.91. The van der Waals surface area contributed by atoms with Crippen molar-refractivity contribution in [1.29, 1.82) is 0 Å². The molecule has 11 nitrogen and oxygen atoms in total. The number of aliphatic carboxylic acids is 1. The average molecular weight is 478 g/mol. The molecule has 178 valence electrons. The van der Waals surface area contributed by atoms with Gasteiger partial charge in [0, 0.05) is 30.8 Å². The van der Waals surface area contributed by atoms with Crippen LogP contribution in [0.15, 0.2) is 34.3 Å². The SMILES string of the molecule is COC(=O)CCNC(=O)C1SC(=NC(=O)c2ccc(C(N)=NCCC(=O)O)cc2)N(C)C1C. The molecular weight excluding hydrogens is 450 g/mol. The first-order valence-electron chi connectivity index (χ1n) is 10.1. The van der Waals surface area contributed by atoms with E-state index in [0.29, 0.717) is 16.3 Å². The molecule has 1 aliphatic heterocycles. The third-order valence-corrected chi connectivity index (χ3v) is 6.38. The molecule has 4 N–H and O–H groups in total. The van der Waals surface area contributed by atoms with Gasteiger partial charge in [0.2, 0.25) is 5.91 Å². The Morgan fingerprint density at radius 3 is 2.42 bits per heavy atom. The van der Waals surface area contributed by atoms with E-state index < -0.39 is 23.1 Å². The lowest BCUT2D eigenvalue weighted by molar-refractivity contribution is -0.140. The molecule has 0 bridgehead atoms. The van der Waals surface area contributed by atoms with E-state index in [4.69, 9.17) is 10.8 Å². The number of benzene rings is 1. The number of ether oxygens (including phenoxy) is 1. The summed E-state index contributed by atoms with van der Waals surface area (Å²) in [6.07, 6.45) is -0.0449. The zero-order valence-electron chi connectivity index (χ0n) is 18.6. The van der Waals surface area contributed by atoms with Gasteiger partial charge in [0.1, 0.15) is 11.1 Å². The molecule has 33 heavy (non-hydrogen) atoms. The number of carboxylic acids is 1. The van der Waals surface area contributed by atoms with Crippen LogP contribution in [-0.4, -0.2) is 83.3 Å². The van der Waals surface area contributed by atoms with Crippen LogP contribution in [0.3, 0.4) is 0 Å². The van der Waals surface area contributed by atoms with Gasteiger partial charge in [-0.1, -0.05) is 23.9 Å². The van der Waals surface area contributed by atoms with E-state index in [1.807, 2.05) is 6.92 Å². The molecule has 0 aromatic heterocycles. The number of amidine groups is 2. The number of thioether (sulfide) groups is 1. The molecule has 1 aliphatic rings. The van der Waals surface area contributed by atoms with Crippen molar-refractivity contribution in [1.82, 2.24) is 10.2 Å². The fourth-order valence-corrected chi connectivity index (χ4v) is 4.10. The Morgan fingerprint density at radius 2 is 1.82 bits per heavy atom. The van der Waals surface area contributed by atoms with E-state index in [2.05, 4.69) is 20.0 Å². The van der Waals surface area contributed by atoms with Crippen molar-refractivity contribution in [3.63, 3.8) is 0 Å². The molecule has 2 unspecified atom stereocenters. The molecule has 0 spiro atoms. The molecule has 1 aromatic rings. The summed E-state index contributed by atoms with van der Waals surface area (Å²) in [6.45, 7) is 2.08. The number of nitrogens with two attached hydrogens (primary N) is 1. The fourth-order valence-electron chi connectivity index (χ4n) is 2.84. The normalized spacial score (nSPS) is 19.4. The van der Waals surface area contributed by atoms with E-state index in [1.54, 1.807) is 36.2 Å². The first-order valence-corrected chi connectivity index (χ1v) is 11.0. The summed E-state index contributed by atoms with van der Waals surface area (Å²) in [6, 6.07) is 6.13. The topological polar surface area (TPSA) is 164 Å². The van der Waals surface area contributed by atoms with Gasteiger partial charge in [0.25, 0.3) is 5.91 Å². The Hall–Kier alpha value is -3.41. The summed E-state index contributed by atoms with van der Waals surface area (Å²) >= 11 is 1.18. The minimum Gasteiger partial charge on any atom is -0.481 e.